The van der Waals surface area contributed by atoms with Crippen LogP contribution in [0.4, 0.5) is 14.5 Å². The Morgan fingerprint density at radius 3 is 2.39 bits per heavy atom. The standard InChI is InChI=1S/C9H10F2N2O4S/c1-2-12-18(16,17)13-8-4-7(11)6(10)3-5(8)9(14)15/h3-4,12-13H,2H2,1H3,(H,14,15). The van der Waals surface area contributed by atoms with E-state index < -0.39 is 39.1 Å². The summed E-state index contributed by atoms with van der Waals surface area (Å²) in [5.41, 5.74) is -1.24. The molecule has 0 atom stereocenters. The van der Waals surface area contributed by atoms with Crippen LogP contribution in [0.2, 0.25) is 0 Å². The van der Waals surface area contributed by atoms with E-state index in [2.05, 4.69) is 0 Å². The molecule has 6 nitrogen and oxygen atoms in total. The molecule has 100 valence electrons. The fourth-order valence-corrected chi connectivity index (χ4v) is 2.09. The minimum Gasteiger partial charge on any atom is -0.478 e. The topological polar surface area (TPSA) is 95.5 Å². The Labute approximate surface area is 102 Å². The van der Waals surface area contributed by atoms with E-state index in [0.29, 0.717) is 12.1 Å². The molecule has 0 aliphatic rings. The molecule has 0 radical (unpaired) electrons. The zero-order valence-corrected chi connectivity index (χ0v) is 10.0. The first-order valence-electron chi connectivity index (χ1n) is 4.76. The first-order valence-corrected chi connectivity index (χ1v) is 6.25. The zero-order chi connectivity index (χ0) is 13.9. The normalized spacial score (nSPS) is 11.3. The number of carboxylic acid groups (broad SMARTS) is 1. The highest BCUT2D eigenvalue weighted by Crippen LogP contribution is 2.21. The molecule has 0 fully saturated rings. The summed E-state index contributed by atoms with van der Waals surface area (Å²) in [5, 5.41) is 8.76. The highest BCUT2D eigenvalue weighted by Gasteiger charge is 2.19. The van der Waals surface area contributed by atoms with Crippen LogP contribution in [0.25, 0.3) is 0 Å². The average molecular weight is 280 g/mol. The number of aromatic carboxylic acids is 1. The molecule has 0 spiro atoms. The maximum atomic E-state index is 13.0. The molecular formula is C9H10F2N2O4S. The second-order valence-electron chi connectivity index (χ2n) is 3.22. The second-order valence-corrected chi connectivity index (χ2v) is 4.72. The summed E-state index contributed by atoms with van der Waals surface area (Å²) in [6.07, 6.45) is 0. The molecule has 0 unspecified atom stereocenters. The van der Waals surface area contributed by atoms with E-state index >= 15 is 0 Å². The highest BCUT2D eigenvalue weighted by molar-refractivity contribution is 7.90. The van der Waals surface area contributed by atoms with Crippen molar-refractivity contribution in [3.63, 3.8) is 0 Å². The van der Waals surface area contributed by atoms with Crippen LogP contribution < -0.4 is 9.44 Å². The van der Waals surface area contributed by atoms with Gasteiger partial charge in [-0.2, -0.15) is 13.1 Å². The van der Waals surface area contributed by atoms with Crippen molar-refractivity contribution >= 4 is 21.9 Å². The lowest BCUT2D eigenvalue weighted by molar-refractivity contribution is 0.0697. The number of hydrogen-bond acceptors (Lipinski definition) is 3. The molecule has 0 aliphatic carbocycles. The maximum absolute atomic E-state index is 13.0. The van der Waals surface area contributed by atoms with Gasteiger partial charge in [0.05, 0.1) is 11.3 Å². The number of rotatable bonds is 5. The lowest BCUT2D eigenvalue weighted by Gasteiger charge is -2.10. The van der Waals surface area contributed by atoms with E-state index in [9.17, 15) is 22.0 Å². The number of carboxylic acids is 1. The third-order valence-electron chi connectivity index (χ3n) is 1.87. The molecule has 18 heavy (non-hydrogen) atoms. The largest absolute Gasteiger partial charge is 0.478 e. The molecule has 1 aromatic carbocycles. The summed E-state index contributed by atoms with van der Waals surface area (Å²) in [4.78, 5) is 10.8. The van der Waals surface area contributed by atoms with Crippen molar-refractivity contribution in [2.24, 2.45) is 0 Å². The Balaban J connectivity index is 3.23. The number of anilines is 1. The van der Waals surface area contributed by atoms with Crippen LogP contribution in [0.5, 0.6) is 0 Å². The van der Waals surface area contributed by atoms with Gasteiger partial charge in [-0.15, -0.1) is 0 Å². The van der Waals surface area contributed by atoms with E-state index in [1.54, 1.807) is 0 Å². The maximum Gasteiger partial charge on any atom is 0.337 e. The van der Waals surface area contributed by atoms with Crippen LogP contribution in [0.15, 0.2) is 12.1 Å². The molecule has 0 bridgehead atoms. The van der Waals surface area contributed by atoms with Crippen molar-refractivity contribution < 1.29 is 27.1 Å². The first kappa shape index (κ1) is 14.3. The lowest BCUT2D eigenvalue weighted by Crippen LogP contribution is -2.30. The minimum absolute atomic E-state index is 0.0570. The molecule has 0 aromatic heterocycles. The Bertz CT molecular complexity index is 574. The van der Waals surface area contributed by atoms with Gasteiger partial charge in [0.2, 0.25) is 0 Å². The summed E-state index contributed by atoms with van der Waals surface area (Å²) in [6, 6.07) is 0.870. The van der Waals surface area contributed by atoms with Gasteiger partial charge < -0.3 is 5.11 Å². The smallest absolute Gasteiger partial charge is 0.337 e. The van der Waals surface area contributed by atoms with Gasteiger partial charge in [-0.1, -0.05) is 6.92 Å². The zero-order valence-electron chi connectivity index (χ0n) is 9.20. The fraction of sp³-hybridized carbons (Fsp3) is 0.222. The average Bonchev–Trinajstić information content (AvgIpc) is 2.22. The van der Waals surface area contributed by atoms with Gasteiger partial charge in [0.25, 0.3) is 10.2 Å². The van der Waals surface area contributed by atoms with Gasteiger partial charge in [-0.25, -0.2) is 13.6 Å². The molecule has 1 rings (SSSR count). The van der Waals surface area contributed by atoms with Crippen molar-refractivity contribution in [3.05, 3.63) is 29.3 Å². The first-order chi connectivity index (χ1) is 8.26. The highest BCUT2D eigenvalue weighted by atomic mass is 32.2. The summed E-state index contributed by atoms with van der Waals surface area (Å²) >= 11 is 0. The van der Waals surface area contributed by atoms with Crippen LogP contribution in [0, 0.1) is 11.6 Å². The van der Waals surface area contributed by atoms with Crippen LogP contribution in [-0.2, 0) is 10.2 Å². The van der Waals surface area contributed by atoms with E-state index in [1.165, 1.54) is 6.92 Å². The summed E-state index contributed by atoms with van der Waals surface area (Å²) in [7, 11) is -4.02. The third-order valence-corrected chi connectivity index (χ3v) is 3.03. The third kappa shape index (κ3) is 3.37. The molecule has 0 saturated carbocycles. The molecule has 0 heterocycles. The summed E-state index contributed by atoms with van der Waals surface area (Å²) in [6.45, 7) is 1.56. The Morgan fingerprint density at radius 1 is 1.33 bits per heavy atom. The minimum atomic E-state index is -4.02. The van der Waals surface area contributed by atoms with Crippen molar-refractivity contribution in [1.82, 2.24) is 4.72 Å². The number of halogens is 2. The van der Waals surface area contributed by atoms with E-state index in [1.807, 2.05) is 9.44 Å². The van der Waals surface area contributed by atoms with Crippen molar-refractivity contribution in [2.75, 3.05) is 11.3 Å². The van der Waals surface area contributed by atoms with Crippen molar-refractivity contribution in [2.45, 2.75) is 6.92 Å². The monoisotopic (exact) mass is 280 g/mol. The number of hydrogen-bond donors (Lipinski definition) is 3. The quantitative estimate of drug-likeness (QED) is 0.747. The van der Waals surface area contributed by atoms with Gasteiger partial charge >= 0.3 is 5.97 Å². The van der Waals surface area contributed by atoms with Gasteiger partial charge in [-0.3, -0.25) is 4.72 Å². The molecule has 0 saturated heterocycles. The molecule has 1 aromatic rings. The predicted molar refractivity (Wildman–Crippen MR) is 59.5 cm³/mol. The molecular weight excluding hydrogens is 270 g/mol. The van der Waals surface area contributed by atoms with Crippen molar-refractivity contribution in [3.8, 4) is 0 Å². The molecule has 0 amide bonds. The van der Waals surface area contributed by atoms with Crippen LogP contribution in [0.3, 0.4) is 0 Å². The number of carbonyl (C=O) groups is 1. The number of nitrogens with one attached hydrogen (secondary N) is 2. The van der Waals surface area contributed by atoms with Crippen LogP contribution in [-0.4, -0.2) is 26.0 Å². The van der Waals surface area contributed by atoms with Crippen molar-refractivity contribution in [1.29, 1.82) is 0 Å². The Morgan fingerprint density at radius 2 is 1.89 bits per heavy atom. The summed E-state index contributed by atoms with van der Waals surface area (Å²) in [5.74, 6) is -4.31. The van der Waals surface area contributed by atoms with Crippen LogP contribution in [0.1, 0.15) is 17.3 Å². The van der Waals surface area contributed by atoms with E-state index in [0.717, 1.165) is 0 Å². The SMILES string of the molecule is CCNS(=O)(=O)Nc1cc(F)c(F)cc1C(=O)O. The van der Waals surface area contributed by atoms with E-state index in [-0.39, 0.29) is 6.54 Å². The lowest BCUT2D eigenvalue weighted by atomic mass is 10.2. The van der Waals surface area contributed by atoms with Gasteiger partial charge in [0.1, 0.15) is 0 Å². The fourth-order valence-electron chi connectivity index (χ4n) is 1.18. The van der Waals surface area contributed by atoms with Crippen LogP contribution >= 0.6 is 0 Å². The molecule has 0 aliphatic heterocycles. The van der Waals surface area contributed by atoms with Gasteiger partial charge in [0, 0.05) is 12.6 Å². The Kier molecular flexibility index (Phi) is 4.19. The Hall–Kier alpha value is -1.74. The summed E-state index contributed by atoms with van der Waals surface area (Å²) < 4.78 is 52.3. The van der Waals surface area contributed by atoms with E-state index in [4.69, 9.17) is 5.11 Å². The molecule has 9 heteroatoms. The molecule has 3 N–H and O–H groups in total. The second kappa shape index (κ2) is 5.27. The van der Waals surface area contributed by atoms with Gasteiger partial charge in [-0.05, 0) is 6.07 Å². The van der Waals surface area contributed by atoms with Gasteiger partial charge in [0.15, 0.2) is 11.6 Å². The number of benzene rings is 1. The predicted octanol–water partition coefficient (Wildman–Crippen LogP) is 0.929.